The smallest absolute Gasteiger partial charge is 0.166 e. The van der Waals surface area contributed by atoms with Crippen LogP contribution in [0.25, 0.3) is 0 Å². The van der Waals surface area contributed by atoms with E-state index in [1.54, 1.807) is 0 Å². The van der Waals surface area contributed by atoms with Gasteiger partial charge in [0.2, 0.25) is 0 Å². The Balaban J connectivity index is 0.00000181. The molecule has 4 aliphatic rings. The lowest BCUT2D eigenvalue weighted by atomic mass is 9.53. The number of nitrogens with zero attached hydrogens (tertiary/aromatic N) is 1. The lowest BCUT2D eigenvalue weighted by Crippen LogP contribution is -2.64. The van der Waals surface area contributed by atoms with Gasteiger partial charge in [0.1, 0.15) is 18.8 Å². The molecule has 5 atom stereocenters. The zero-order chi connectivity index (χ0) is 18.9. The van der Waals surface area contributed by atoms with Gasteiger partial charge in [-0.2, -0.15) is 0 Å². The molecule has 1 N–H and O–H groups in total. The summed E-state index contributed by atoms with van der Waals surface area (Å²) < 4.78 is 12.7. The molecule has 0 saturated carbocycles. The number of hydrogen-bond donors (Lipinski definition) is 1. The second-order valence-electron chi connectivity index (χ2n) is 8.68. The van der Waals surface area contributed by atoms with Crippen LogP contribution in [0.3, 0.4) is 0 Å². The quantitative estimate of drug-likeness (QED) is 0.785. The SMILES string of the molecule is CN1CC[C@]23c4c5ccc(OCc6ccccc6)c4O[C@H]2[C@@H](O)C=C[C@H]3[C@H]1C5.Cl. The summed E-state index contributed by atoms with van der Waals surface area (Å²) in [6.45, 7) is 1.55. The van der Waals surface area contributed by atoms with E-state index in [9.17, 15) is 5.11 Å². The number of ether oxygens (including phenoxy) is 2. The zero-order valence-electron chi connectivity index (χ0n) is 16.5. The Bertz CT molecular complexity index is 962. The molecule has 6 rings (SSSR count). The molecule has 1 fully saturated rings. The van der Waals surface area contributed by atoms with Crippen molar-refractivity contribution in [3.63, 3.8) is 0 Å². The molecule has 0 unspecified atom stereocenters. The highest BCUT2D eigenvalue weighted by Crippen LogP contribution is 2.62. The van der Waals surface area contributed by atoms with Crippen LogP contribution in [0.2, 0.25) is 0 Å². The standard InChI is InChI=1S/C24H25NO3.ClH/c1-25-12-11-24-17-8-9-19(26)23(24)28-22-20(27-14-15-5-3-2-4-6-15)10-7-16(21(22)24)13-18(17)25;/h2-10,17-19,23,26H,11-14H2,1H3;1H/t17-,18+,19-,23-,24-;/m0./s1. The summed E-state index contributed by atoms with van der Waals surface area (Å²) in [5.74, 6) is 2.06. The number of hydrogen-bond acceptors (Lipinski definition) is 4. The highest BCUT2D eigenvalue weighted by molar-refractivity contribution is 5.85. The minimum absolute atomic E-state index is 0. The number of rotatable bonds is 3. The Morgan fingerprint density at radius 1 is 1.17 bits per heavy atom. The fourth-order valence-electron chi connectivity index (χ4n) is 6.08. The van der Waals surface area contributed by atoms with Crippen molar-refractivity contribution < 1.29 is 14.6 Å². The van der Waals surface area contributed by atoms with Crippen molar-refractivity contribution in [1.29, 1.82) is 0 Å². The van der Waals surface area contributed by atoms with Gasteiger partial charge in [0.05, 0.1) is 0 Å². The molecule has 29 heavy (non-hydrogen) atoms. The number of halogens is 1. The first kappa shape index (κ1) is 19.0. The van der Waals surface area contributed by atoms with E-state index < -0.39 is 6.10 Å². The summed E-state index contributed by atoms with van der Waals surface area (Å²) in [6.07, 6.45) is 5.45. The van der Waals surface area contributed by atoms with Crippen LogP contribution >= 0.6 is 12.4 Å². The Morgan fingerprint density at radius 2 is 2.00 bits per heavy atom. The number of piperidine rings is 1. The van der Waals surface area contributed by atoms with Crippen LogP contribution in [0.5, 0.6) is 11.5 Å². The highest BCUT2D eigenvalue weighted by atomic mass is 35.5. The first-order valence-electron chi connectivity index (χ1n) is 10.2. The Kier molecular flexibility index (Phi) is 4.43. The largest absolute Gasteiger partial charge is 0.485 e. The Hall–Kier alpha value is -2.01. The van der Waals surface area contributed by atoms with Crippen molar-refractivity contribution in [2.45, 2.75) is 43.1 Å². The second kappa shape index (κ2) is 6.76. The van der Waals surface area contributed by atoms with Crippen LogP contribution in [-0.2, 0) is 18.4 Å². The Labute approximate surface area is 177 Å². The maximum Gasteiger partial charge on any atom is 0.166 e. The third-order valence-electron chi connectivity index (χ3n) is 7.37. The summed E-state index contributed by atoms with van der Waals surface area (Å²) in [5.41, 5.74) is 3.68. The van der Waals surface area contributed by atoms with Crippen molar-refractivity contribution >= 4 is 12.4 Å². The van der Waals surface area contributed by atoms with Gasteiger partial charge in [0, 0.05) is 22.9 Å². The van der Waals surface area contributed by atoms with Gasteiger partial charge in [-0.25, -0.2) is 0 Å². The van der Waals surface area contributed by atoms with Gasteiger partial charge < -0.3 is 19.5 Å². The second-order valence-corrected chi connectivity index (χ2v) is 8.68. The van der Waals surface area contributed by atoms with E-state index in [-0.39, 0.29) is 23.9 Å². The first-order chi connectivity index (χ1) is 13.7. The summed E-state index contributed by atoms with van der Waals surface area (Å²) in [7, 11) is 2.23. The Morgan fingerprint density at radius 3 is 2.83 bits per heavy atom. The average Bonchev–Trinajstić information content (AvgIpc) is 3.07. The molecule has 2 aliphatic heterocycles. The summed E-state index contributed by atoms with van der Waals surface area (Å²) in [6, 6.07) is 15.0. The van der Waals surface area contributed by atoms with Gasteiger partial charge in [-0.3, -0.25) is 0 Å². The van der Waals surface area contributed by atoms with Crippen molar-refractivity contribution in [3.8, 4) is 11.5 Å². The number of likely N-dealkylation sites (tertiary alicyclic amines) is 1. The third kappa shape index (κ3) is 2.52. The molecule has 2 bridgehead atoms. The van der Waals surface area contributed by atoms with E-state index in [1.807, 2.05) is 24.3 Å². The van der Waals surface area contributed by atoms with Gasteiger partial charge in [0.15, 0.2) is 11.5 Å². The number of likely N-dealkylation sites (N-methyl/N-ethyl adjacent to an activating group) is 1. The molecule has 2 aromatic rings. The molecule has 1 spiro atoms. The molecule has 5 heteroatoms. The topological polar surface area (TPSA) is 41.9 Å². The van der Waals surface area contributed by atoms with Crippen LogP contribution in [0.15, 0.2) is 54.6 Å². The van der Waals surface area contributed by atoms with Gasteiger partial charge in [-0.15, -0.1) is 12.4 Å². The van der Waals surface area contributed by atoms with Gasteiger partial charge in [-0.1, -0.05) is 48.6 Å². The average molecular weight is 412 g/mol. The van der Waals surface area contributed by atoms with Crippen LogP contribution in [0.4, 0.5) is 0 Å². The molecule has 4 nitrogen and oxygen atoms in total. The van der Waals surface area contributed by atoms with Gasteiger partial charge in [0.25, 0.3) is 0 Å². The molecular formula is C24H26ClNO3. The molecule has 2 aromatic carbocycles. The van der Waals surface area contributed by atoms with Crippen LogP contribution < -0.4 is 9.47 Å². The minimum atomic E-state index is -0.569. The first-order valence-corrected chi connectivity index (χ1v) is 10.2. The molecule has 2 heterocycles. The number of aliphatic hydroxyl groups is 1. The lowest BCUT2D eigenvalue weighted by Gasteiger charge is -2.56. The van der Waals surface area contributed by atoms with E-state index in [0.717, 1.165) is 36.4 Å². The maximum absolute atomic E-state index is 10.8. The minimum Gasteiger partial charge on any atom is -0.485 e. The molecule has 0 radical (unpaired) electrons. The fourth-order valence-corrected chi connectivity index (χ4v) is 6.08. The van der Waals surface area contributed by atoms with E-state index in [1.165, 1.54) is 11.1 Å². The van der Waals surface area contributed by atoms with Crippen LogP contribution in [0, 0.1) is 5.92 Å². The van der Waals surface area contributed by atoms with Crippen molar-refractivity contribution in [3.05, 3.63) is 71.3 Å². The van der Waals surface area contributed by atoms with Gasteiger partial charge >= 0.3 is 0 Å². The van der Waals surface area contributed by atoms with E-state index in [0.29, 0.717) is 18.6 Å². The molecule has 0 amide bonds. The number of benzene rings is 2. The highest BCUT2D eigenvalue weighted by Gasteiger charge is 2.64. The third-order valence-corrected chi connectivity index (χ3v) is 7.37. The fraction of sp³-hybridized carbons (Fsp3) is 0.417. The van der Waals surface area contributed by atoms with Gasteiger partial charge in [-0.05, 0) is 43.6 Å². The predicted octanol–water partition coefficient (Wildman–Crippen LogP) is 3.49. The molecular weight excluding hydrogens is 386 g/mol. The molecule has 2 aliphatic carbocycles. The van der Waals surface area contributed by atoms with Crippen LogP contribution in [-0.4, -0.2) is 41.8 Å². The van der Waals surface area contributed by atoms with E-state index in [2.05, 4.69) is 42.3 Å². The number of aliphatic hydroxyl groups excluding tert-OH is 1. The lowest BCUT2D eigenvalue weighted by molar-refractivity contribution is -0.0454. The summed E-state index contributed by atoms with van der Waals surface area (Å²) in [5, 5.41) is 10.8. The molecule has 0 aromatic heterocycles. The predicted molar refractivity (Wildman–Crippen MR) is 114 cm³/mol. The van der Waals surface area contributed by atoms with Crippen molar-refractivity contribution in [2.75, 3.05) is 13.6 Å². The van der Waals surface area contributed by atoms with E-state index >= 15 is 0 Å². The molecule has 1 saturated heterocycles. The maximum atomic E-state index is 10.8. The van der Waals surface area contributed by atoms with Crippen molar-refractivity contribution in [1.82, 2.24) is 4.90 Å². The van der Waals surface area contributed by atoms with Crippen LogP contribution in [0.1, 0.15) is 23.1 Å². The van der Waals surface area contributed by atoms with Crippen molar-refractivity contribution in [2.24, 2.45) is 5.92 Å². The molecule has 152 valence electrons. The summed E-state index contributed by atoms with van der Waals surface area (Å²) >= 11 is 0. The normalized spacial score (nSPS) is 33.4. The van der Waals surface area contributed by atoms with E-state index in [4.69, 9.17) is 9.47 Å². The monoisotopic (exact) mass is 411 g/mol. The summed E-state index contributed by atoms with van der Waals surface area (Å²) in [4.78, 5) is 2.48. The zero-order valence-corrected chi connectivity index (χ0v) is 17.3.